The Bertz CT molecular complexity index is 2180. The number of carbonyl (C=O) groups excluding carboxylic acids is 1. The highest BCUT2D eigenvalue weighted by Crippen LogP contribution is 2.53. The number of nitrogens with zero attached hydrogens (tertiary/aromatic N) is 4. The number of nitrogens with one attached hydrogen (secondary N) is 1. The summed E-state index contributed by atoms with van der Waals surface area (Å²) in [7, 11) is -4.38. The number of nitrogens with two attached hydrogens (primary N) is 1. The number of ether oxygens (including phenoxy) is 1. The zero-order valence-corrected chi connectivity index (χ0v) is 36.9. The van der Waals surface area contributed by atoms with Crippen LogP contribution in [0.5, 0.6) is 0 Å². The van der Waals surface area contributed by atoms with Crippen molar-refractivity contribution in [3.05, 3.63) is 87.5 Å². The van der Waals surface area contributed by atoms with E-state index < -0.39 is 26.3 Å². The highest BCUT2D eigenvalue weighted by atomic mass is 32.2. The Kier molecular flexibility index (Phi) is 12.6. The fraction of sp³-hybridized carbons (Fsp3) is 0.596. The first-order valence-corrected chi connectivity index (χ1v) is 24.0. The maximum absolute atomic E-state index is 14.3. The molecule has 3 heterocycles. The number of amides is 1. The minimum absolute atomic E-state index is 0.150. The van der Waals surface area contributed by atoms with Crippen LogP contribution in [-0.2, 0) is 14.6 Å². The maximum Gasteiger partial charge on any atom is 0.293 e. The van der Waals surface area contributed by atoms with Crippen molar-refractivity contribution in [2.45, 2.75) is 124 Å². The Labute approximate surface area is 361 Å². The summed E-state index contributed by atoms with van der Waals surface area (Å²) < 4.78 is 34.3. The Morgan fingerprint density at radius 1 is 0.951 bits per heavy atom. The van der Waals surface area contributed by atoms with Gasteiger partial charge in [-0.15, -0.1) is 0 Å². The van der Waals surface area contributed by atoms with Gasteiger partial charge in [-0.3, -0.25) is 24.7 Å². The van der Waals surface area contributed by atoms with Crippen molar-refractivity contribution in [3.8, 4) is 0 Å². The van der Waals surface area contributed by atoms with E-state index in [0.29, 0.717) is 49.1 Å². The molecule has 1 amide bonds. The first-order valence-electron chi connectivity index (χ1n) is 22.5. The van der Waals surface area contributed by atoms with Gasteiger partial charge in [0.1, 0.15) is 5.69 Å². The Morgan fingerprint density at radius 3 is 2.33 bits per heavy atom. The predicted octanol–water partition coefficient (Wildman–Crippen LogP) is 7.29. The van der Waals surface area contributed by atoms with E-state index in [1.807, 2.05) is 6.92 Å². The summed E-state index contributed by atoms with van der Waals surface area (Å²) in [5, 5.41) is 25.7. The summed E-state index contributed by atoms with van der Waals surface area (Å²) in [6.07, 6.45) is 9.34. The molecule has 1 spiro atoms. The second kappa shape index (κ2) is 17.6. The van der Waals surface area contributed by atoms with E-state index in [-0.39, 0.29) is 38.1 Å². The number of nitro benzene ring substituents is 1. The molecule has 2 saturated carbocycles. The molecular weight excluding hydrogens is 793 g/mol. The number of rotatable bonds is 12. The van der Waals surface area contributed by atoms with Gasteiger partial charge in [-0.1, -0.05) is 38.1 Å². The van der Waals surface area contributed by atoms with Crippen molar-refractivity contribution in [1.29, 1.82) is 0 Å². The number of hydrogen-bond acceptors (Lipinski definition) is 11. The van der Waals surface area contributed by atoms with Gasteiger partial charge in [0.05, 0.1) is 25.9 Å². The maximum atomic E-state index is 14.3. The minimum atomic E-state index is -4.38. The largest absolute Gasteiger partial charge is 0.390 e. The van der Waals surface area contributed by atoms with Crippen LogP contribution in [0.15, 0.2) is 70.5 Å². The van der Waals surface area contributed by atoms with Crippen molar-refractivity contribution in [2.24, 2.45) is 17.1 Å². The van der Waals surface area contributed by atoms with Crippen LogP contribution in [0.4, 0.5) is 17.1 Å². The molecule has 3 aromatic rings. The van der Waals surface area contributed by atoms with Crippen LogP contribution in [0.1, 0.15) is 118 Å². The van der Waals surface area contributed by atoms with E-state index in [1.54, 1.807) is 6.07 Å². The number of carbonyl (C=O) groups is 1. The fourth-order valence-corrected chi connectivity index (χ4v) is 12.6. The predicted molar refractivity (Wildman–Crippen MR) is 237 cm³/mol. The first kappa shape index (κ1) is 43.6. The third kappa shape index (κ3) is 9.20. The molecule has 14 heteroatoms. The molecule has 3 aromatic carbocycles. The molecule has 330 valence electrons. The monoisotopic (exact) mass is 856 g/mol. The number of aliphatic hydroxyl groups is 1. The molecule has 0 bridgehead atoms. The van der Waals surface area contributed by atoms with Gasteiger partial charge in [0.25, 0.3) is 5.69 Å². The Hall–Kier alpha value is -4.08. The number of anilines is 2. The molecule has 0 aromatic heterocycles. The molecule has 2 aliphatic carbocycles. The van der Waals surface area contributed by atoms with Crippen LogP contribution in [0.2, 0.25) is 0 Å². The number of hydrogen-bond donors (Lipinski definition) is 3. The van der Waals surface area contributed by atoms with Gasteiger partial charge < -0.3 is 25.8 Å². The van der Waals surface area contributed by atoms with Crippen LogP contribution < -0.4 is 16.0 Å². The lowest BCUT2D eigenvalue weighted by molar-refractivity contribution is -0.384. The molecule has 8 rings (SSSR count). The van der Waals surface area contributed by atoms with Gasteiger partial charge in [0, 0.05) is 82.4 Å². The van der Waals surface area contributed by atoms with E-state index in [9.17, 15) is 28.4 Å². The third-order valence-corrected chi connectivity index (χ3v) is 16.7. The molecule has 0 radical (unpaired) electrons. The molecule has 4 N–H and O–H groups in total. The van der Waals surface area contributed by atoms with E-state index in [2.05, 4.69) is 58.1 Å². The average molecular weight is 857 g/mol. The quantitative estimate of drug-likeness (QED) is 0.123. The number of nitro groups is 1. The van der Waals surface area contributed by atoms with Gasteiger partial charge in [-0.25, -0.2) is 8.42 Å². The van der Waals surface area contributed by atoms with Crippen LogP contribution >= 0.6 is 0 Å². The van der Waals surface area contributed by atoms with Crippen LogP contribution in [0, 0.1) is 21.4 Å². The summed E-state index contributed by atoms with van der Waals surface area (Å²) >= 11 is 0. The lowest BCUT2D eigenvalue weighted by Crippen LogP contribution is -2.61. The summed E-state index contributed by atoms with van der Waals surface area (Å²) in [5.74, 6) is -0.210. The Balaban J connectivity index is 0.954. The van der Waals surface area contributed by atoms with Crippen LogP contribution in [0.25, 0.3) is 0 Å². The SMILES string of the molecule is CC(C)c1ccccc1C1CN(C2CCOCC2)CCN1C1CC2(CCN(c3ccc(C(N)=O)c(S(=O)(=O)c4ccc(NCC5CCC(C)(O)CC5)c([N+](=O)[O-])c4)c3)CC2)C1. The number of piperazine rings is 1. The summed E-state index contributed by atoms with van der Waals surface area (Å²) in [4.78, 5) is 31.5. The highest BCUT2D eigenvalue weighted by Gasteiger charge is 2.50. The zero-order chi connectivity index (χ0) is 43.1. The normalized spacial score (nSPS) is 25.7. The zero-order valence-electron chi connectivity index (χ0n) is 36.1. The number of sulfone groups is 1. The van der Waals surface area contributed by atoms with Gasteiger partial charge >= 0.3 is 0 Å². The Morgan fingerprint density at radius 2 is 1.66 bits per heavy atom. The van der Waals surface area contributed by atoms with E-state index >= 15 is 0 Å². The van der Waals surface area contributed by atoms with Gasteiger partial charge in [-0.2, -0.15) is 0 Å². The van der Waals surface area contributed by atoms with E-state index in [4.69, 9.17) is 10.5 Å². The molecule has 1 atom stereocenters. The topological polar surface area (TPSA) is 172 Å². The molecule has 5 aliphatic rings. The smallest absolute Gasteiger partial charge is 0.293 e. The second-order valence-corrected chi connectivity index (χ2v) is 21.1. The lowest BCUT2D eigenvalue weighted by atomic mass is 9.59. The standard InChI is InChI=1S/C47H64N6O7S/c1-32(2)38-6-4-5-7-39(38)43-31-51(34-14-24-60-25-15-34)22-23-52(43)36-28-47(29-36)18-20-50(21-19-47)35-8-10-40(45(48)54)44(26-35)61(58,59)37-9-11-41(42(27-37)53(56)57)49-30-33-12-16-46(3,55)17-13-33/h4-11,26-27,32-34,36,43,49,55H,12-25,28-31H2,1-3H3,(H2,48,54). The van der Waals surface area contributed by atoms with Crippen LogP contribution in [-0.4, -0.2) is 104 Å². The van der Waals surface area contributed by atoms with E-state index in [1.165, 1.54) is 35.4 Å². The molecule has 3 saturated heterocycles. The number of piperidine rings is 1. The summed E-state index contributed by atoms with van der Waals surface area (Å²) in [5.41, 5.74) is 8.56. The van der Waals surface area contributed by atoms with Crippen molar-refractivity contribution < 1.29 is 28.0 Å². The van der Waals surface area contributed by atoms with Crippen LogP contribution in [0.3, 0.4) is 0 Å². The molecule has 61 heavy (non-hydrogen) atoms. The summed E-state index contributed by atoms with van der Waals surface area (Å²) in [6.45, 7) is 13.3. The van der Waals surface area contributed by atoms with Gasteiger partial charge in [0.2, 0.25) is 15.7 Å². The number of primary amides is 1. The number of benzene rings is 3. The molecular formula is C47H64N6O7S. The van der Waals surface area contributed by atoms with Crippen molar-refractivity contribution in [2.75, 3.05) is 62.7 Å². The third-order valence-electron chi connectivity index (χ3n) is 14.9. The van der Waals surface area contributed by atoms with Crippen molar-refractivity contribution in [3.63, 3.8) is 0 Å². The minimum Gasteiger partial charge on any atom is -0.390 e. The van der Waals surface area contributed by atoms with Gasteiger partial charge in [-0.05, 0) is 130 Å². The molecule has 5 fully saturated rings. The second-order valence-electron chi connectivity index (χ2n) is 19.2. The van der Waals surface area contributed by atoms with Crippen molar-refractivity contribution in [1.82, 2.24) is 9.80 Å². The fourth-order valence-electron chi connectivity index (χ4n) is 11.1. The van der Waals surface area contributed by atoms with Gasteiger partial charge in [0.15, 0.2) is 0 Å². The van der Waals surface area contributed by atoms with E-state index in [0.717, 1.165) is 103 Å². The van der Waals surface area contributed by atoms with Crippen molar-refractivity contribution >= 4 is 32.8 Å². The summed E-state index contributed by atoms with van der Waals surface area (Å²) in [6, 6.07) is 19.0. The first-order chi connectivity index (χ1) is 29.1. The molecule has 1 unspecified atom stereocenters. The molecule has 13 nitrogen and oxygen atoms in total. The highest BCUT2D eigenvalue weighted by molar-refractivity contribution is 7.91. The lowest BCUT2D eigenvalue weighted by Gasteiger charge is -2.59. The average Bonchev–Trinajstić information content (AvgIpc) is 3.25. The molecule has 3 aliphatic heterocycles.